The van der Waals surface area contributed by atoms with Gasteiger partial charge >= 0.3 is 0 Å². The second-order valence-corrected chi connectivity index (χ2v) is 3.02. The average Bonchev–Trinajstić information content (AvgIpc) is 2.55. The van der Waals surface area contributed by atoms with E-state index in [2.05, 4.69) is 24.2 Å². The molecule has 1 heteroatoms. The summed E-state index contributed by atoms with van der Waals surface area (Å²) in [4.78, 5) is 4.32. The van der Waals surface area contributed by atoms with Gasteiger partial charge in [-0.1, -0.05) is 31.4 Å². The van der Waals surface area contributed by atoms with Crippen LogP contribution < -0.4 is 0 Å². The van der Waals surface area contributed by atoms with Crippen molar-refractivity contribution < 1.29 is 0 Å². The van der Waals surface area contributed by atoms with Crippen LogP contribution in [0.25, 0.3) is 5.57 Å². The minimum atomic E-state index is 0.890. The molecule has 0 aromatic carbocycles. The van der Waals surface area contributed by atoms with Gasteiger partial charge in [0.05, 0.1) is 5.69 Å². The van der Waals surface area contributed by atoms with Crippen molar-refractivity contribution in [3.05, 3.63) is 60.5 Å². The van der Waals surface area contributed by atoms with E-state index in [0.29, 0.717) is 0 Å². The third kappa shape index (κ3) is 1.13. The number of rotatable bonds is 2. The van der Waals surface area contributed by atoms with Crippen LogP contribution in [0, 0.1) is 0 Å². The van der Waals surface area contributed by atoms with E-state index in [0.717, 1.165) is 12.1 Å². The highest BCUT2D eigenvalue weighted by Gasteiger charge is 2.17. The van der Waals surface area contributed by atoms with E-state index in [-0.39, 0.29) is 0 Å². The predicted octanol–water partition coefficient (Wildman–Crippen LogP) is 2.76. The van der Waals surface area contributed by atoms with Crippen molar-refractivity contribution in [2.45, 2.75) is 6.42 Å². The lowest BCUT2D eigenvalue weighted by atomic mass is 10.1. The first-order valence-corrected chi connectivity index (χ1v) is 4.29. The summed E-state index contributed by atoms with van der Waals surface area (Å²) in [5.41, 5.74) is 4.74. The lowest BCUT2D eigenvalue weighted by Gasteiger charge is -1.97. The molecule has 64 valence electrons. The Kier molecular flexibility index (Phi) is 1.85. The Morgan fingerprint density at radius 2 is 2.15 bits per heavy atom. The lowest BCUT2D eigenvalue weighted by molar-refractivity contribution is 1.10. The van der Waals surface area contributed by atoms with E-state index in [4.69, 9.17) is 0 Å². The molecule has 0 bridgehead atoms. The molecule has 0 aliphatic heterocycles. The number of nitrogens with zero attached hydrogens (tertiary/aromatic N) is 1. The maximum atomic E-state index is 4.32. The summed E-state index contributed by atoms with van der Waals surface area (Å²) < 4.78 is 0. The quantitative estimate of drug-likeness (QED) is 0.663. The molecule has 0 N–H and O–H groups in total. The third-order valence-corrected chi connectivity index (χ3v) is 2.33. The van der Waals surface area contributed by atoms with Crippen molar-refractivity contribution in [1.29, 1.82) is 0 Å². The van der Waals surface area contributed by atoms with Gasteiger partial charge in [-0.25, -0.2) is 0 Å². The van der Waals surface area contributed by atoms with Crippen LogP contribution in [0.15, 0.2) is 49.2 Å². The Balaban J connectivity index is 2.60. The van der Waals surface area contributed by atoms with Crippen molar-refractivity contribution in [3.63, 3.8) is 0 Å². The SMILES string of the molecule is C=CC1=C(C=C)c2cccnc2C1. The van der Waals surface area contributed by atoms with Crippen LogP contribution >= 0.6 is 0 Å². The zero-order valence-corrected chi connectivity index (χ0v) is 7.46. The van der Waals surface area contributed by atoms with Gasteiger partial charge in [0.1, 0.15) is 0 Å². The minimum Gasteiger partial charge on any atom is -0.260 e. The standard InChI is InChI=1S/C12H11N/c1-3-9-8-12-11(10(9)4-2)6-5-7-13-12/h3-7H,1-2,8H2. The maximum absolute atomic E-state index is 4.32. The molecule has 1 aliphatic rings. The van der Waals surface area contributed by atoms with Gasteiger partial charge in [-0.05, 0) is 17.2 Å². The van der Waals surface area contributed by atoms with E-state index in [1.54, 1.807) is 0 Å². The molecular formula is C12H11N. The lowest BCUT2D eigenvalue weighted by Crippen LogP contribution is -1.86. The number of pyridine rings is 1. The van der Waals surface area contributed by atoms with E-state index in [9.17, 15) is 0 Å². The Morgan fingerprint density at radius 1 is 1.31 bits per heavy atom. The minimum absolute atomic E-state index is 0.890. The van der Waals surface area contributed by atoms with Crippen LogP contribution in [-0.2, 0) is 6.42 Å². The summed E-state index contributed by atoms with van der Waals surface area (Å²) in [6, 6.07) is 4.03. The highest BCUT2D eigenvalue weighted by atomic mass is 14.7. The fourth-order valence-corrected chi connectivity index (χ4v) is 1.70. The fraction of sp³-hybridized carbons (Fsp3) is 0.0833. The van der Waals surface area contributed by atoms with Crippen molar-refractivity contribution >= 4 is 5.57 Å². The van der Waals surface area contributed by atoms with E-state index >= 15 is 0 Å². The molecule has 0 saturated heterocycles. The molecule has 0 unspecified atom stereocenters. The molecule has 1 aromatic rings. The molecule has 13 heavy (non-hydrogen) atoms. The van der Waals surface area contributed by atoms with E-state index < -0.39 is 0 Å². The van der Waals surface area contributed by atoms with Gasteiger partial charge in [0, 0.05) is 18.2 Å². The maximum Gasteiger partial charge on any atom is 0.0525 e. The second-order valence-electron chi connectivity index (χ2n) is 3.02. The van der Waals surface area contributed by atoms with Crippen LogP contribution in [0.2, 0.25) is 0 Å². The molecule has 0 spiro atoms. The average molecular weight is 169 g/mol. The van der Waals surface area contributed by atoms with Gasteiger partial charge in [0.25, 0.3) is 0 Å². The van der Waals surface area contributed by atoms with E-state index in [1.807, 2.05) is 24.4 Å². The normalized spacial score (nSPS) is 14.2. The molecule has 0 amide bonds. The first-order chi connectivity index (χ1) is 6.36. The largest absolute Gasteiger partial charge is 0.260 e. The highest BCUT2D eigenvalue weighted by molar-refractivity contribution is 5.83. The van der Waals surface area contributed by atoms with Crippen LogP contribution in [0.5, 0.6) is 0 Å². The van der Waals surface area contributed by atoms with Crippen molar-refractivity contribution in [2.75, 3.05) is 0 Å². The van der Waals surface area contributed by atoms with E-state index in [1.165, 1.54) is 16.7 Å². The summed E-state index contributed by atoms with van der Waals surface area (Å²) in [6.45, 7) is 7.60. The molecule has 0 saturated carbocycles. The van der Waals surface area contributed by atoms with Gasteiger partial charge in [-0.2, -0.15) is 0 Å². The van der Waals surface area contributed by atoms with Crippen molar-refractivity contribution in [2.24, 2.45) is 0 Å². The number of aromatic nitrogens is 1. The van der Waals surface area contributed by atoms with Crippen molar-refractivity contribution in [1.82, 2.24) is 4.98 Å². The molecule has 1 nitrogen and oxygen atoms in total. The van der Waals surface area contributed by atoms with Crippen LogP contribution in [0.4, 0.5) is 0 Å². The molecular weight excluding hydrogens is 158 g/mol. The van der Waals surface area contributed by atoms with Crippen LogP contribution in [-0.4, -0.2) is 4.98 Å². The number of allylic oxidation sites excluding steroid dienone is 4. The Bertz CT molecular complexity index is 399. The van der Waals surface area contributed by atoms with Gasteiger partial charge in [-0.15, -0.1) is 0 Å². The smallest absolute Gasteiger partial charge is 0.0525 e. The van der Waals surface area contributed by atoms with Crippen LogP contribution in [0.3, 0.4) is 0 Å². The summed E-state index contributed by atoms with van der Waals surface area (Å²) in [7, 11) is 0. The monoisotopic (exact) mass is 169 g/mol. The molecule has 1 aromatic heterocycles. The predicted molar refractivity (Wildman–Crippen MR) is 55.3 cm³/mol. The summed E-state index contributed by atoms with van der Waals surface area (Å²) in [5, 5.41) is 0. The molecule has 1 aliphatic carbocycles. The summed E-state index contributed by atoms with van der Waals surface area (Å²) in [6.07, 6.45) is 6.48. The van der Waals surface area contributed by atoms with Gasteiger partial charge < -0.3 is 0 Å². The Hall–Kier alpha value is -1.63. The molecule has 0 atom stereocenters. The summed E-state index contributed by atoms with van der Waals surface area (Å²) >= 11 is 0. The van der Waals surface area contributed by atoms with Crippen molar-refractivity contribution in [3.8, 4) is 0 Å². The molecule has 2 rings (SSSR count). The molecule has 0 fully saturated rings. The number of hydrogen-bond acceptors (Lipinski definition) is 1. The first-order valence-electron chi connectivity index (χ1n) is 4.29. The first kappa shape index (κ1) is 7.99. The number of fused-ring (bicyclic) bond motifs is 1. The van der Waals surface area contributed by atoms with Crippen LogP contribution in [0.1, 0.15) is 11.3 Å². The van der Waals surface area contributed by atoms with Gasteiger partial charge in [0.2, 0.25) is 0 Å². The zero-order valence-electron chi connectivity index (χ0n) is 7.46. The topological polar surface area (TPSA) is 12.9 Å². The van der Waals surface area contributed by atoms with Gasteiger partial charge in [-0.3, -0.25) is 4.98 Å². The highest BCUT2D eigenvalue weighted by Crippen LogP contribution is 2.32. The fourth-order valence-electron chi connectivity index (χ4n) is 1.70. The molecule has 0 radical (unpaired) electrons. The van der Waals surface area contributed by atoms with Gasteiger partial charge in [0.15, 0.2) is 0 Å². The number of hydrogen-bond donors (Lipinski definition) is 0. The Morgan fingerprint density at radius 3 is 2.85 bits per heavy atom. The third-order valence-electron chi connectivity index (χ3n) is 2.33. The molecule has 1 heterocycles. The zero-order chi connectivity index (χ0) is 9.26. The summed E-state index contributed by atoms with van der Waals surface area (Å²) in [5.74, 6) is 0. The second kappa shape index (κ2) is 3.02. The Labute approximate surface area is 78.1 Å².